The molecule has 0 bridgehead atoms. The standard InChI is InChI=1S/C26H14F6S/c27-25(28,29)17-9-5-15(6-10-17)22-20-4-2-1-3-19(20)21-13-14-33-24(21)23(22)16-7-11-18(12-8-16)26(30,31)32/h1-14H. The Morgan fingerprint density at radius 1 is 0.485 bits per heavy atom. The first-order chi connectivity index (χ1) is 15.6. The summed E-state index contributed by atoms with van der Waals surface area (Å²) >= 11 is 1.45. The van der Waals surface area contributed by atoms with Gasteiger partial charge in [-0.1, -0.05) is 48.5 Å². The van der Waals surface area contributed by atoms with E-state index in [1.807, 2.05) is 35.7 Å². The van der Waals surface area contributed by atoms with Crippen molar-refractivity contribution in [2.24, 2.45) is 0 Å². The van der Waals surface area contributed by atoms with E-state index >= 15 is 0 Å². The number of thiophene rings is 1. The van der Waals surface area contributed by atoms with Gasteiger partial charge in [-0.2, -0.15) is 26.3 Å². The molecule has 1 heterocycles. The van der Waals surface area contributed by atoms with Gasteiger partial charge in [0.1, 0.15) is 0 Å². The summed E-state index contributed by atoms with van der Waals surface area (Å²) < 4.78 is 79.6. The SMILES string of the molecule is FC(F)(F)c1ccc(-c2c(-c3ccc(C(F)(F)F)cc3)c3sccc3c3ccccc23)cc1. The quantitative estimate of drug-likeness (QED) is 0.225. The van der Waals surface area contributed by atoms with Crippen molar-refractivity contribution in [3.63, 3.8) is 0 Å². The Bertz CT molecular complexity index is 1460. The highest BCUT2D eigenvalue weighted by Gasteiger charge is 2.31. The second-order valence-corrected chi connectivity index (χ2v) is 8.53. The van der Waals surface area contributed by atoms with E-state index < -0.39 is 23.5 Å². The van der Waals surface area contributed by atoms with Gasteiger partial charge in [-0.25, -0.2) is 0 Å². The molecule has 4 aromatic carbocycles. The summed E-state index contributed by atoms with van der Waals surface area (Å²) in [5, 5.41) is 4.60. The Morgan fingerprint density at radius 3 is 1.48 bits per heavy atom. The number of rotatable bonds is 2. The molecule has 0 amide bonds. The van der Waals surface area contributed by atoms with Crippen LogP contribution in [0.4, 0.5) is 26.3 Å². The third-order valence-corrected chi connectivity index (χ3v) is 6.56. The minimum Gasteiger partial charge on any atom is -0.166 e. The minimum atomic E-state index is -4.46. The van der Waals surface area contributed by atoms with Gasteiger partial charge in [-0.3, -0.25) is 0 Å². The fourth-order valence-corrected chi connectivity index (χ4v) is 5.11. The van der Waals surface area contributed by atoms with Crippen LogP contribution in [-0.2, 0) is 12.4 Å². The lowest BCUT2D eigenvalue weighted by molar-refractivity contribution is -0.138. The molecule has 0 nitrogen and oxygen atoms in total. The van der Waals surface area contributed by atoms with Crippen molar-refractivity contribution >= 4 is 32.2 Å². The fraction of sp³-hybridized carbons (Fsp3) is 0.0769. The zero-order valence-electron chi connectivity index (χ0n) is 16.8. The van der Waals surface area contributed by atoms with Crippen LogP contribution in [0, 0.1) is 0 Å². The summed E-state index contributed by atoms with van der Waals surface area (Å²) in [6.45, 7) is 0. The molecular formula is C26H14F6S. The van der Waals surface area contributed by atoms with Crippen LogP contribution in [0.1, 0.15) is 11.1 Å². The highest BCUT2D eigenvalue weighted by atomic mass is 32.1. The molecule has 5 rings (SSSR count). The predicted octanol–water partition coefficient (Wildman–Crippen LogP) is 9.43. The molecule has 5 aromatic rings. The predicted molar refractivity (Wildman–Crippen MR) is 120 cm³/mol. The molecule has 7 heteroatoms. The minimum absolute atomic E-state index is 0.560. The van der Waals surface area contributed by atoms with Gasteiger partial charge < -0.3 is 0 Å². The topological polar surface area (TPSA) is 0 Å². The molecule has 33 heavy (non-hydrogen) atoms. The second kappa shape index (κ2) is 7.63. The van der Waals surface area contributed by atoms with Crippen molar-refractivity contribution in [2.75, 3.05) is 0 Å². The summed E-state index contributed by atoms with van der Waals surface area (Å²) in [5.41, 5.74) is 0.996. The van der Waals surface area contributed by atoms with Crippen LogP contribution in [0.5, 0.6) is 0 Å². The molecular weight excluding hydrogens is 458 g/mol. The summed E-state index contributed by atoms with van der Waals surface area (Å²) in [6.07, 6.45) is -8.93. The molecule has 0 aliphatic carbocycles. The van der Waals surface area contributed by atoms with Gasteiger partial charge in [0.2, 0.25) is 0 Å². The van der Waals surface area contributed by atoms with Gasteiger partial charge in [0, 0.05) is 15.6 Å². The first-order valence-electron chi connectivity index (χ1n) is 9.92. The van der Waals surface area contributed by atoms with Crippen LogP contribution in [0.15, 0.2) is 84.2 Å². The smallest absolute Gasteiger partial charge is 0.166 e. The maximum absolute atomic E-state index is 13.1. The largest absolute Gasteiger partial charge is 0.416 e. The second-order valence-electron chi connectivity index (χ2n) is 7.61. The highest BCUT2D eigenvalue weighted by molar-refractivity contribution is 7.18. The van der Waals surface area contributed by atoms with Gasteiger partial charge in [0.15, 0.2) is 0 Å². The van der Waals surface area contributed by atoms with Gasteiger partial charge in [0.05, 0.1) is 11.1 Å². The number of fused-ring (bicyclic) bond motifs is 3. The van der Waals surface area contributed by atoms with Crippen molar-refractivity contribution in [3.05, 3.63) is 95.4 Å². The van der Waals surface area contributed by atoms with E-state index in [9.17, 15) is 26.3 Å². The molecule has 0 spiro atoms. The zero-order valence-corrected chi connectivity index (χ0v) is 17.6. The summed E-state index contributed by atoms with van der Waals surface area (Å²) in [7, 11) is 0. The van der Waals surface area contributed by atoms with E-state index in [0.29, 0.717) is 22.3 Å². The first kappa shape index (κ1) is 21.5. The van der Waals surface area contributed by atoms with Crippen molar-refractivity contribution in [1.82, 2.24) is 0 Å². The third kappa shape index (κ3) is 3.76. The Labute approximate surface area is 188 Å². The Balaban J connectivity index is 1.83. The molecule has 0 unspecified atom stereocenters. The van der Waals surface area contributed by atoms with E-state index in [-0.39, 0.29) is 0 Å². The summed E-state index contributed by atoms with van der Waals surface area (Å²) in [4.78, 5) is 0. The van der Waals surface area contributed by atoms with E-state index in [2.05, 4.69) is 0 Å². The maximum atomic E-state index is 13.1. The molecule has 166 valence electrons. The molecule has 0 atom stereocenters. The van der Waals surface area contributed by atoms with Crippen molar-refractivity contribution in [3.8, 4) is 22.3 Å². The Morgan fingerprint density at radius 2 is 0.970 bits per heavy atom. The molecule has 0 aliphatic heterocycles. The van der Waals surface area contributed by atoms with Gasteiger partial charge >= 0.3 is 12.4 Å². The fourth-order valence-electron chi connectivity index (χ4n) is 4.13. The van der Waals surface area contributed by atoms with Crippen LogP contribution >= 0.6 is 11.3 Å². The van der Waals surface area contributed by atoms with Crippen molar-refractivity contribution in [1.29, 1.82) is 0 Å². The summed E-state index contributed by atoms with van der Waals surface area (Å²) in [5.74, 6) is 0. The molecule has 0 radical (unpaired) electrons. The van der Waals surface area contributed by atoms with E-state index in [1.54, 1.807) is 0 Å². The van der Waals surface area contributed by atoms with Gasteiger partial charge in [0.25, 0.3) is 0 Å². The van der Waals surface area contributed by atoms with Crippen LogP contribution in [0.25, 0.3) is 43.1 Å². The molecule has 0 fully saturated rings. The monoisotopic (exact) mass is 472 g/mol. The molecule has 0 N–H and O–H groups in total. The average Bonchev–Trinajstić information content (AvgIpc) is 3.27. The van der Waals surface area contributed by atoms with E-state index in [1.165, 1.54) is 35.6 Å². The normalized spacial score (nSPS) is 12.5. The number of hydrogen-bond acceptors (Lipinski definition) is 1. The van der Waals surface area contributed by atoms with Gasteiger partial charge in [-0.05, 0) is 63.2 Å². The molecule has 0 saturated carbocycles. The zero-order chi connectivity index (χ0) is 23.4. The Kier molecular flexibility index (Phi) is 4.97. The van der Waals surface area contributed by atoms with Gasteiger partial charge in [-0.15, -0.1) is 11.3 Å². The van der Waals surface area contributed by atoms with Crippen LogP contribution in [0.2, 0.25) is 0 Å². The number of benzene rings is 4. The number of hydrogen-bond donors (Lipinski definition) is 0. The van der Waals surface area contributed by atoms with Crippen LogP contribution < -0.4 is 0 Å². The van der Waals surface area contributed by atoms with Crippen LogP contribution in [0.3, 0.4) is 0 Å². The highest BCUT2D eigenvalue weighted by Crippen LogP contribution is 2.47. The average molecular weight is 472 g/mol. The molecule has 0 aliphatic rings. The third-order valence-electron chi connectivity index (χ3n) is 5.63. The van der Waals surface area contributed by atoms with E-state index in [0.717, 1.165) is 45.1 Å². The first-order valence-corrected chi connectivity index (χ1v) is 10.8. The number of halogens is 6. The van der Waals surface area contributed by atoms with Crippen LogP contribution in [-0.4, -0.2) is 0 Å². The lowest BCUT2D eigenvalue weighted by Crippen LogP contribution is -2.04. The lowest BCUT2D eigenvalue weighted by atomic mass is 9.87. The van der Waals surface area contributed by atoms with Crippen molar-refractivity contribution < 1.29 is 26.3 Å². The van der Waals surface area contributed by atoms with Crippen molar-refractivity contribution in [2.45, 2.75) is 12.4 Å². The lowest BCUT2D eigenvalue weighted by Gasteiger charge is -2.17. The molecule has 0 saturated heterocycles. The molecule has 1 aromatic heterocycles. The van der Waals surface area contributed by atoms with E-state index in [4.69, 9.17) is 0 Å². The summed E-state index contributed by atoms with van der Waals surface area (Å²) in [6, 6.07) is 19.3. The maximum Gasteiger partial charge on any atom is 0.416 e. The number of alkyl halides is 6. The Hall–Kier alpha value is -3.32.